The highest BCUT2D eigenvalue weighted by Crippen LogP contribution is 2.38. The Balaban J connectivity index is 1.42. The second kappa shape index (κ2) is 11.1. The van der Waals surface area contributed by atoms with Crippen LogP contribution in [0.4, 0.5) is 15.8 Å². The molecular weight excluding hydrogens is 487 g/mol. The summed E-state index contributed by atoms with van der Waals surface area (Å²) in [7, 11) is 1.56. The zero-order valence-corrected chi connectivity index (χ0v) is 20.8. The van der Waals surface area contributed by atoms with E-state index in [-0.39, 0.29) is 18.3 Å². The van der Waals surface area contributed by atoms with Crippen molar-refractivity contribution in [3.63, 3.8) is 0 Å². The lowest BCUT2D eigenvalue weighted by molar-refractivity contribution is -0.113. The molecule has 1 aliphatic rings. The third-order valence-corrected chi connectivity index (χ3v) is 6.56. The fraction of sp³-hybridized carbons (Fsp3) is 0.0667. The topological polar surface area (TPSA) is 51.1 Å². The molecule has 5 rings (SSSR count). The van der Waals surface area contributed by atoms with Crippen molar-refractivity contribution in [2.24, 2.45) is 4.99 Å². The molecular formula is C30H23FN2O3S. The Morgan fingerprint density at radius 2 is 1.59 bits per heavy atom. The van der Waals surface area contributed by atoms with E-state index in [2.05, 4.69) is 0 Å². The molecule has 0 bridgehead atoms. The predicted molar refractivity (Wildman–Crippen MR) is 147 cm³/mol. The summed E-state index contributed by atoms with van der Waals surface area (Å²) in [5.41, 5.74) is 3.15. The van der Waals surface area contributed by atoms with E-state index in [1.165, 1.54) is 23.9 Å². The second-order valence-electron chi connectivity index (χ2n) is 8.14. The molecule has 1 fully saturated rings. The number of para-hydroxylation sites is 2. The van der Waals surface area contributed by atoms with Gasteiger partial charge in [-0.15, -0.1) is 0 Å². The van der Waals surface area contributed by atoms with Gasteiger partial charge in [-0.3, -0.25) is 9.69 Å². The number of methoxy groups -OCH3 is 1. The van der Waals surface area contributed by atoms with Crippen molar-refractivity contribution in [2.75, 3.05) is 12.0 Å². The average molecular weight is 511 g/mol. The Labute approximate surface area is 218 Å². The van der Waals surface area contributed by atoms with Crippen molar-refractivity contribution in [3.05, 3.63) is 125 Å². The molecule has 0 spiro atoms. The van der Waals surface area contributed by atoms with E-state index < -0.39 is 0 Å². The maximum atomic E-state index is 13.5. The van der Waals surface area contributed by atoms with Gasteiger partial charge in [-0.25, -0.2) is 9.38 Å². The number of nitrogens with zero attached hydrogens (tertiary/aromatic N) is 2. The number of aliphatic imine (C=N–C) groups is 1. The number of amidine groups is 1. The van der Waals surface area contributed by atoms with Gasteiger partial charge in [-0.2, -0.15) is 0 Å². The first-order chi connectivity index (χ1) is 18.1. The molecule has 4 aromatic rings. The Bertz CT molecular complexity index is 1460. The summed E-state index contributed by atoms with van der Waals surface area (Å²) >= 11 is 1.32. The number of carbonyl (C=O) groups excluding carboxylic acids is 1. The SMILES string of the molecule is COc1cc(/C=C2/SC(=Nc3ccccc3)N(c3ccccc3)C2=O)ccc1OCc1ccc(F)cc1. The fourth-order valence-corrected chi connectivity index (χ4v) is 4.75. The molecule has 4 aromatic carbocycles. The smallest absolute Gasteiger partial charge is 0.271 e. The molecule has 0 atom stereocenters. The van der Waals surface area contributed by atoms with Gasteiger partial charge < -0.3 is 9.47 Å². The number of carbonyl (C=O) groups is 1. The molecule has 184 valence electrons. The predicted octanol–water partition coefficient (Wildman–Crippen LogP) is 7.22. The summed E-state index contributed by atoms with van der Waals surface area (Å²) in [4.78, 5) is 20.4. The summed E-state index contributed by atoms with van der Waals surface area (Å²) in [6.45, 7) is 0.275. The van der Waals surface area contributed by atoms with Crippen molar-refractivity contribution in [3.8, 4) is 11.5 Å². The molecule has 1 amide bonds. The van der Waals surface area contributed by atoms with E-state index in [1.54, 1.807) is 30.2 Å². The van der Waals surface area contributed by atoms with Crippen LogP contribution in [-0.4, -0.2) is 18.2 Å². The monoisotopic (exact) mass is 510 g/mol. The maximum Gasteiger partial charge on any atom is 0.271 e. The van der Waals surface area contributed by atoms with Gasteiger partial charge in [0.1, 0.15) is 12.4 Å². The number of rotatable bonds is 7. The van der Waals surface area contributed by atoms with E-state index in [0.717, 1.165) is 22.5 Å². The van der Waals surface area contributed by atoms with Gasteiger partial charge in [0.25, 0.3) is 5.91 Å². The number of benzene rings is 4. The second-order valence-corrected chi connectivity index (χ2v) is 9.15. The highest BCUT2D eigenvalue weighted by Gasteiger charge is 2.34. The van der Waals surface area contributed by atoms with Crippen molar-refractivity contribution in [1.82, 2.24) is 0 Å². The van der Waals surface area contributed by atoms with Gasteiger partial charge in [0.05, 0.1) is 23.4 Å². The summed E-state index contributed by atoms with van der Waals surface area (Å²) < 4.78 is 24.6. The van der Waals surface area contributed by atoms with Crippen LogP contribution < -0.4 is 14.4 Å². The van der Waals surface area contributed by atoms with Gasteiger partial charge in [0.15, 0.2) is 16.7 Å². The number of halogens is 1. The number of hydrogen-bond acceptors (Lipinski definition) is 5. The largest absolute Gasteiger partial charge is 0.493 e. The molecule has 5 nitrogen and oxygen atoms in total. The van der Waals surface area contributed by atoms with Crippen LogP contribution in [0.25, 0.3) is 6.08 Å². The summed E-state index contributed by atoms with van der Waals surface area (Å²) in [5.74, 6) is 0.643. The standard InChI is InChI=1S/C30H23FN2O3S/c1-35-27-18-22(14-17-26(27)36-20-21-12-15-23(31)16-13-21)19-28-29(34)33(25-10-6-3-7-11-25)30(37-28)32-24-8-4-2-5-9-24/h2-19H,20H2,1H3/b28-19+,32-30?. The van der Waals surface area contributed by atoms with Gasteiger partial charge >= 0.3 is 0 Å². The maximum absolute atomic E-state index is 13.5. The number of ether oxygens (including phenoxy) is 2. The quantitative estimate of drug-likeness (QED) is 0.246. The van der Waals surface area contributed by atoms with E-state index in [9.17, 15) is 9.18 Å². The lowest BCUT2D eigenvalue weighted by Gasteiger charge is -2.15. The van der Waals surface area contributed by atoms with E-state index in [1.807, 2.05) is 78.9 Å². The average Bonchev–Trinajstić information content (AvgIpc) is 3.23. The Hall–Kier alpha value is -4.36. The summed E-state index contributed by atoms with van der Waals surface area (Å²) in [6.07, 6.45) is 1.82. The Morgan fingerprint density at radius 1 is 0.892 bits per heavy atom. The van der Waals surface area contributed by atoms with Crippen LogP contribution in [0.2, 0.25) is 0 Å². The zero-order chi connectivity index (χ0) is 25.6. The molecule has 0 N–H and O–H groups in total. The van der Waals surface area contributed by atoms with Crippen LogP contribution in [0, 0.1) is 5.82 Å². The molecule has 37 heavy (non-hydrogen) atoms. The normalized spacial score (nSPS) is 15.4. The van der Waals surface area contributed by atoms with Crippen LogP contribution >= 0.6 is 11.8 Å². The van der Waals surface area contributed by atoms with Crippen molar-refractivity contribution >= 4 is 40.3 Å². The first kappa shape index (κ1) is 24.3. The van der Waals surface area contributed by atoms with Crippen molar-refractivity contribution in [1.29, 1.82) is 0 Å². The number of amides is 1. The van der Waals surface area contributed by atoms with Crippen LogP contribution in [-0.2, 0) is 11.4 Å². The van der Waals surface area contributed by atoms with E-state index in [4.69, 9.17) is 14.5 Å². The Kier molecular flexibility index (Phi) is 7.33. The molecule has 7 heteroatoms. The molecule has 1 saturated heterocycles. The molecule has 0 unspecified atom stereocenters. The number of hydrogen-bond donors (Lipinski definition) is 0. The van der Waals surface area contributed by atoms with Crippen LogP contribution in [0.3, 0.4) is 0 Å². The Morgan fingerprint density at radius 3 is 2.30 bits per heavy atom. The van der Waals surface area contributed by atoms with Gasteiger partial charge in [-0.05, 0) is 77.5 Å². The minimum Gasteiger partial charge on any atom is -0.493 e. The lowest BCUT2D eigenvalue weighted by Crippen LogP contribution is -2.28. The summed E-state index contributed by atoms with van der Waals surface area (Å²) in [5, 5.41) is 0.583. The molecule has 0 radical (unpaired) electrons. The molecule has 1 aliphatic heterocycles. The number of anilines is 1. The molecule has 0 saturated carbocycles. The van der Waals surface area contributed by atoms with Gasteiger partial charge in [0.2, 0.25) is 0 Å². The van der Waals surface area contributed by atoms with Gasteiger partial charge in [0, 0.05) is 0 Å². The minimum absolute atomic E-state index is 0.151. The zero-order valence-electron chi connectivity index (χ0n) is 20.0. The molecule has 1 heterocycles. The van der Waals surface area contributed by atoms with Crippen molar-refractivity contribution < 1.29 is 18.7 Å². The molecule has 0 aromatic heterocycles. The van der Waals surface area contributed by atoms with Crippen LogP contribution in [0.5, 0.6) is 11.5 Å². The highest BCUT2D eigenvalue weighted by atomic mass is 32.2. The third-order valence-electron chi connectivity index (χ3n) is 5.59. The van der Waals surface area contributed by atoms with Crippen LogP contribution in [0.1, 0.15) is 11.1 Å². The van der Waals surface area contributed by atoms with Crippen LogP contribution in [0.15, 0.2) is 113 Å². The molecule has 0 aliphatic carbocycles. The van der Waals surface area contributed by atoms with E-state index in [0.29, 0.717) is 21.6 Å². The summed E-state index contributed by atoms with van der Waals surface area (Å²) in [6, 6.07) is 30.7. The fourth-order valence-electron chi connectivity index (χ4n) is 3.75. The van der Waals surface area contributed by atoms with Gasteiger partial charge in [-0.1, -0.05) is 54.6 Å². The first-order valence-corrected chi connectivity index (χ1v) is 12.4. The number of thioether (sulfide) groups is 1. The third kappa shape index (κ3) is 5.73. The van der Waals surface area contributed by atoms with E-state index >= 15 is 0 Å². The highest BCUT2D eigenvalue weighted by molar-refractivity contribution is 8.19. The lowest BCUT2D eigenvalue weighted by atomic mass is 10.1. The van der Waals surface area contributed by atoms with Crippen molar-refractivity contribution in [2.45, 2.75) is 6.61 Å². The minimum atomic E-state index is -0.291. The first-order valence-electron chi connectivity index (χ1n) is 11.6.